The summed E-state index contributed by atoms with van der Waals surface area (Å²) in [7, 11) is 0. The van der Waals surface area contributed by atoms with Crippen molar-refractivity contribution in [3.8, 4) is 0 Å². The quantitative estimate of drug-likeness (QED) is 0.689. The van der Waals surface area contributed by atoms with E-state index in [0.717, 1.165) is 24.5 Å². The van der Waals surface area contributed by atoms with E-state index in [9.17, 15) is 9.59 Å². The van der Waals surface area contributed by atoms with Gasteiger partial charge in [-0.3, -0.25) is 9.59 Å². The van der Waals surface area contributed by atoms with Crippen molar-refractivity contribution in [1.29, 1.82) is 0 Å². The number of aliphatic carboxylic acids is 1. The summed E-state index contributed by atoms with van der Waals surface area (Å²) in [4.78, 5) is 24.7. The molecule has 0 aromatic heterocycles. The Labute approximate surface area is 119 Å². The lowest BCUT2D eigenvalue weighted by Gasteiger charge is -2.34. The van der Waals surface area contributed by atoms with Crippen LogP contribution < -0.4 is 5.32 Å². The van der Waals surface area contributed by atoms with E-state index in [0.29, 0.717) is 19.0 Å². The molecule has 1 fully saturated rings. The van der Waals surface area contributed by atoms with E-state index in [2.05, 4.69) is 19.2 Å². The van der Waals surface area contributed by atoms with E-state index < -0.39 is 5.97 Å². The van der Waals surface area contributed by atoms with Crippen LogP contribution in [0.5, 0.6) is 0 Å². The zero-order chi connectivity index (χ0) is 14.3. The van der Waals surface area contributed by atoms with Gasteiger partial charge in [-0.1, -0.05) is 13.8 Å². The molecular weight excluding hydrogens is 264 g/mol. The summed E-state index contributed by atoms with van der Waals surface area (Å²) < 4.78 is 0. The molecule has 1 aliphatic rings. The molecule has 1 rings (SSSR count). The van der Waals surface area contributed by atoms with Crippen molar-refractivity contribution in [2.45, 2.75) is 45.2 Å². The third-order valence-electron chi connectivity index (χ3n) is 3.08. The molecule has 1 unspecified atom stereocenters. The van der Waals surface area contributed by atoms with Crippen LogP contribution in [0.3, 0.4) is 0 Å². The van der Waals surface area contributed by atoms with Crippen LogP contribution in [-0.4, -0.2) is 58.6 Å². The summed E-state index contributed by atoms with van der Waals surface area (Å²) in [5.74, 6) is 0.915. The lowest BCUT2D eigenvalue weighted by Crippen LogP contribution is -2.47. The van der Waals surface area contributed by atoms with Gasteiger partial charge in [0.2, 0.25) is 5.91 Å². The first-order chi connectivity index (χ1) is 9.00. The average Bonchev–Trinajstić information content (AvgIpc) is 2.34. The van der Waals surface area contributed by atoms with Crippen molar-refractivity contribution in [3.05, 3.63) is 0 Å². The molecule has 0 spiro atoms. The minimum Gasteiger partial charge on any atom is -0.481 e. The zero-order valence-electron chi connectivity index (χ0n) is 11.7. The molecule has 1 atom stereocenters. The first-order valence-electron chi connectivity index (χ1n) is 6.83. The Kier molecular flexibility index (Phi) is 7.23. The van der Waals surface area contributed by atoms with Crippen LogP contribution in [0.1, 0.15) is 33.1 Å². The molecule has 1 aliphatic heterocycles. The van der Waals surface area contributed by atoms with Crippen LogP contribution in [0.2, 0.25) is 0 Å². The monoisotopic (exact) mass is 288 g/mol. The molecule has 0 saturated carbocycles. The van der Waals surface area contributed by atoms with Gasteiger partial charge < -0.3 is 15.3 Å². The molecule has 5 nitrogen and oxygen atoms in total. The number of amides is 1. The van der Waals surface area contributed by atoms with Crippen molar-refractivity contribution in [1.82, 2.24) is 10.2 Å². The number of carboxylic acids is 1. The molecule has 0 aromatic rings. The fraction of sp³-hybridized carbons (Fsp3) is 0.846. The van der Waals surface area contributed by atoms with Gasteiger partial charge in [0.25, 0.3) is 0 Å². The summed E-state index contributed by atoms with van der Waals surface area (Å²) in [6, 6.07) is 0.294. The molecule has 19 heavy (non-hydrogen) atoms. The summed E-state index contributed by atoms with van der Waals surface area (Å²) in [6.45, 7) is 5.66. The Morgan fingerprint density at radius 1 is 1.47 bits per heavy atom. The Morgan fingerprint density at radius 3 is 2.84 bits per heavy atom. The summed E-state index contributed by atoms with van der Waals surface area (Å²) in [5, 5.41) is 12.2. The van der Waals surface area contributed by atoms with Gasteiger partial charge in [0, 0.05) is 30.5 Å². The van der Waals surface area contributed by atoms with Crippen LogP contribution in [0.25, 0.3) is 0 Å². The summed E-state index contributed by atoms with van der Waals surface area (Å²) >= 11 is 1.73. The number of rotatable bonds is 7. The minimum atomic E-state index is -0.827. The van der Waals surface area contributed by atoms with E-state index in [1.807, 2.05) is 0 Å². The van der Waals surface area contributed by atoms with E-state index in [1.165, 1.54) is 0 Å². The molecule has 2 N–H and O–H groups in total. The average molecular weight is 288 g/mol. The Hall–Kier alpha value is -0.750. The minimum absolute atomic E-state index is 0.0585. The number of carboxylic acid groups (broad SMARTS) is 1. The number of thioether (sulfide) groups is 1. The highest BCUT2D eigenvalue weighted by Gasteiger charge is 2.28. The Balaban J connectivity index is 2.37. The SMILES string of the molecule is CC(C)NCCCC(=O)N1CCSCC1CC(=O)O. The highest BCUT2D eigenvalue weighted by atomic mass is 32.2. The van der Waals surface area contributed by atoms with Gasteiger partial charge in [-0.25, -0.2) is 0 Å². The molecule has 0 aliphatic carbocycles. The van der Waals surface area contributed by atoms with Crippen LogP contribution >= 0.6 is 11.8 Å². The maximum Gasteiger partial charge on any atom is 0.305 e. The lowest BCUT2D eigenvalue weighted by atomic mass is 10.1. The molecule has 0 aromatic carbocycles. The molecule has 6 heteroatoms. The number of nitrogens with zero attached hydrogens (tertiary/aromatic N) is 1. The van der Waals surface area contributed by atoms with Gasteiger partial charge >= 0.3 is 5.97 Å². The highest BCUT2D eigenvalue weighted by molar-refractivity contribution is 7.99. The largest absolute Gasteiger partial charge is 0.481 e. The maximum atomic E-state index is 12.1. The van der Waals surface area contributed by atoms with Crippen LogP contribution in [0.4, 0.5) is 0 Å². The maximum absolute atomic E-state index is 12.1. The van der Waals surface area contributed by atoms with Gasteiger partial charge in [0.1, 0.15) is 0 Å². The van der Waals surface area contributed by atoms with E-state index >= 15 is 0 Å². The molecular formula is C13H24N2O3S. The fourth-order valence-corrected chi connectivity index (χ4v) is 3.19. The molecule has 1 amide bonds. The van der Waals surface area contributed by atoms with Crippen molar-refractivity contribution >= 4 is 23.6 Å². The molecule has 1 heterocycles. The second-order valence-corrected chi connectivity index (χ2v) is 6.28. The first-order valence-corrected chi connectivity index (χ1v) is 7.98. The highest BCUT2D eigenvalue weighted by Crippen LogP contribution is 2.20. The number of hydrogen-bond acceptors (Lipinski definition) is 4. The predicted octanol–water partition coefficient (Wildman–Crippen LogP) is 1.18. The zero-order valence-corrected chi connectivity index (χ0v) is 12.5. The number of carbonyl (C=O) groups excluding carboxylic acids is 1. The summed E-state index contributed by atoms with van der Waals surface area (Å²) in [5.41, 5.74) is 0. The molecule has 0 bridgehead atoms. The van der Waals surface area contributed by atoms with Crippen LogP contribution in [0, 0.1) is 0 Å². The van der Waals surface area contributed by atoms with Gasteiger partial charge in [0.05, 0.1) is 12.5 Å². The van der Waals surface area contributed by atoms with Gasteiger partial charge in [0.15, 0.2) is 0 Å². The van der Waals surface area contributed by atoms with Crippen LogP contribution in [0.15, 0.2) is 0 Å². The van der Waals surface area contributed by atoms with Crippen molar-refractivity contribution in [3.63, 3.8) is 0 Å². The normalized spacial score (nSPS) is 19.7. The third-order valence-corrected chi connectivity index (χ3v) is 4.17. The van der Waals surface area contributed by atoms with Crippen molar-refractivity contribution in [2.24, 2.45) is 0 Å². The van der Waals surface area contributed by atoms with Crippen molar-refractivity contribution < 1.29 is 14.7 Å². The van der Waals surface area contributed by atoms with E-state index in [1.54, 1.807) is 16.7 Å². The second kappa shape index (κ2) is 8.43. The number of hydrogen-bond donors (Lipinski definition) is 2. The topological polar surface area (TPSA) is 69.6 Å². The van der Waals surface area contributed by atoms with Crippen LogP contribution in [-0.2, 0) is 9.59 Å². The third kappa shape index (κ3) is 6.29. The Bertz CT molecular complexity index is 310. The fourth-order valence-electron chi connectivity index (χ4n) is 2.13. The Morgan fingerprint density at radius 2 is 2.21 bits per heavy atom. The summed E-state index contributed by atoms with van der Waals surface area (Å²) in [6.07, 6.45) is 1.37. The molecule has 1 saturated heterocycles. The number of nitrogens with one attached hydrogen (secondary N) is 1. The lowest BCUT2D eigenvalue weighted by molar-refractivity contribution is -0.140. The second-order valence-electron chi connectivity index (χ2n) is 5.13. The molecule has 110 valence electrons. The predicted molar refractivity (Wildman–Crippen MR) is 77.5 cm³/mol. The standard InChI is InChI=1S/C13H24N2O3S/c1-10(2)14-5-3-4-12(16)15-6-7-19-9-11(15)8-13(17)18/h10-11,14H,3-9H2,1-2H3,(H,17,18). The number of carbonyl (C=O) groups is 2. The van der Waals surface area contributed by atoms with E-state index in [-0.39, 0.29) is 18.4 Å². The van der Waals surface area contributed by atoms with Gasteiger partial charge in [-0.05, 0) is 13.0 Å². The van der Waals surface area contributed by atoms with Gasteiger partial charge in [-0.15, -0.1) is 0 Å². The van der Waals surface area contributed by atoms with E-state index in [4.69, 9.17) is 5.11 Å². The first kappa shape index (κ1) is 16.3. The smallest absolute Gasteiger partial charge is 0.305 e. The van der Waals surface area contributed by atoms with Crippen molar-refractivity contribution in [2.75, 3.05) is 24.6 Å². The van der Waals surface area contributed by atoms with Gasteiger partial charge in [-0.2, -0.15) is 11.8 Å². The molecule has 0 radical (unpaired) electrons.